The van der Waals surface area contributed by atoms with E-state index in [2.05, 4.69) is 81.9 Å². The molecule has 0 radical (unpaired) electrons. The minimum atomic E-state index is 0.0917. The molecule has 0 atom stereocenters. The predicted molar refractivity (Wildman–Crippen MR) is 124 cm³/mol. The number of para-hydroxylation sites is 2. The number of amides is 1. The number of nitrogens with one attached hydrogen (secondary N) is 2. The van der Waals surface area contributed by atoms with E-state index >= 15 is 0 Å². The molecule has 0 unspecified atom stereocenters. The summed E-state index contributed by atoms with van der Waals surface area (Å²) in [6.45, 7) is 1.44. The molecule has 150 valence electrons. The molecule has 2 heterocycles. The Hall–Kier alpha value is -3.01. The van der Waals surface area contributed by atoms with Crippen molar-refractivity contribution < 1.29 is 4.79 Å². The summed E-state index contributed by atoms with van der Waals surface area (Å²) in [7, 11) is 0. The van der Waals surface area contributed by atoms with Crippen molar-refractivity contribution in [3.05, 3.63) is 84.4 Å². The molecular formula is C25H23N3OSe. The summed E-state index contributed by atoms with van der Waals surface area (Å²) in [5.41, 5.74) is 5.74. The summed E-state index contributed by atoms with van der Waals surface area (Å²) in [6, 6.07) is 27.2. The van der Waals surface area contributed by atoms with Gasteiger partial charge in [0.15, 0.2) is 0 Å². The molecule has 0 spiro atoms. The SMILES string of the molecule is O=C(Cc1c2n(c3ccccc13)CNc1ccccc1-2)NCC[Se]c1ccccc1. The normalized spacial score (nSPS) is 12.1. The van der Waals surface area contributed by atoms with Crippen molar-refractivity contribution in [3.63, 3.8) is 0 Å². The molecule has 1 amide bonds. The number of nitrogens with zero attached hydrogens (tertiary/aromatic N) is 1. The molecule has 1 aromatic heterocycles. The first kappa shape index (κ1) is 19.0. The van der Waals surface area contributed by atoms with Gasteiger partial charge in [-0.05, 0) is 0 Å². The number of anilines is 1. The van der Waals surface area contributed by atoms with Crippen LogP contribution in [0.3, 0.4) is 0 Å². The predicted octanol–water partition coefficient (Wildman–Crippen LogP) is 3.80. The number of carbonyl (C=O) groups is 1. The van der Waals surface area contributed by atoms with Gasteiger partial charge in [-0.15, -0.1) is 0 Å². The van der Waals surface area contributed by atoms with Gasteiger partial charge in [-0.3, -0.25) is 0 Å². The van der Waals surface area contributed by atoms with Crippen LogP contribution in [0, 0.1) is 0 Å². The number of hydrogen-bond acceptors (Lipinski definition) is 2. The summed E-state index contributed by atoms with van der Waals surface area (Å²) in [5, 5.41) is 8.80. The van der Waals surface area contributed by atoms with E-state index in [9.17, 15) is 4.79 Å². The number of aromatic nitrogens is 1. The Morgan fingerprint density at radius 1 is 0.967 bits per heavy atom. The van der Waals surface area contributed by atoms with Crippen LogP contribution >= 0.6 is 0 Å². The molecule has 4 aromatic rings. The van der Waals surface area contributed by atoms with E-state index in [1.807, 2.05) is 12.1 Å². The average Bonchev–Trinajstić information content (AvgIpc) is 3.11. The standard InChI is InChI=1S/C25H23N3OSe/c29-24(26-14-15-30-18-8-2-1-3-9-18)16-21-19-10-5-7-13-23(19)28-17-27-22-12-6-4-11-20(22)25(21)28/h1-13,27H,14-17H2,(H,26,29). The number of rotatable bonds is 6. The fourth-order valence-corrected chi connectivity index (χ4v) is 5.79. The molecule has 2 N–H and O–H groups in total. The Bertz CT molecular complexity index is 1200. The number of hydrogen-bond donors (Lipinski definition) is 2. The van der Waals surface area contributed by atoms with Gasteiger partial charge in [-0.1, -0.05) is 0 Å². The monoisotopic (exact) mass is 461 g/mol. The van der Waals surface area contributed by atoms with Crippen LogP contribution in [0.4, 0.5) is 5.69 Å². The zero-order valence-corrected chi connectivity index (χ0v) is 18.3. The third kappa shape index (κ3) is 3.62. The van der Waals surface area contributed by atoms with Gasteiger partial charge in [0, 0.05) is 0 Å². The van der Waals surface area contributed by atoms with Gasteiger partial charge in [0.2, 0.25) is 0 Å². The zero-order chi connectivity index (χ0) is 20.3. The van der Waals surface area contributed by atoms with Crippen molar-refractivity contribution in [1.82, 2.24) is 9.88 Å². The molecule has 1 aliphatic heterocycles. The molecule has 0 fully saturated rings. The summed E-state index contributed by atoms with van der Waals surface area (Å²) in [6.07, 6.45) is 0.398. The topological polar surface area (TPSA) is 46.1 Å². The van der Waals surface area contributed by atoms with E-state index in [0.717, 1.165) is 39.8 Å². The van der Waals surface area contributed by atoms with E-state index in [1.165, 1.54) is 9.98 Å². The van der Waals surface area contributed by atoms with Crippen LogP contribution in [-0.2, 0) is 17.9 Å². The molecule has 0 aliphatic carbocycles. The fraction of sp³-hybridized carbons (Fsp3) is 0.160. The molecule has 0 saturated carbocycles. The molecule has 30 heavy (non-hydrogen) atoms. The number of carbonyl (C=O) groups excluding carboxylic acids is 1. The van der Waals surface area contributed by atoms with Gasteiger partial charge in [-0.2, -0.15) is 0 Å². The van der Waals surface area contributed by atoms with Crippen molar-refractivity contribution in [2.45, 2.75) is 18.4 Å². The van der Waals surface area contributed by atoms with Crippen LogP contribution in [0.25, 0.3) is 22.2 Å². The van der Waals surface area contributed by atoms with Crippen LogP contribution in [0.15, 0.2) is 78.9 Å². The number of fused-ring (bicyclic) bond motifs is 5. The van der Waals surface area contributed by atoms with E-state index in [4.69, 9.17) is 0 Å². The summed E-state index contributed by atoms with van der Waals surface area (Å²) < 4.78 is 3.66. The van der Waals surface area contributed by atoms with Crippen LogP contribution < -0.4 is 15.1 Å². The van der Waals surface area contributed by atoms with E-state index in [1.54, 1.807) is 0 Å². The van der Waals surface area contributed by atoms with Gasteiger partial charge in [-0.25, -0.2) is 0 Å². The number of benzene rings is 3. The fourth-order valence-electron chi connectivity index (χ4n) is 4.13. The molecule has 3 aromatic carbocycles. The Morgan fingerprint density at radius 3 is 2.63 bits per heavy atom. The molecule has 5 heteroatoms. The summed E-state index contributed by atoms with van der Waals surface area (Å²) in [5.74, 6) is 0.0917. The van der Waals surface area contributed by atoms with E-state index in [0.29, 0.717) is 28.0 Å². The van der Waals surface area contributed by atoms with Gasteiger partial charge >= 0.3 is 183 Å². The van der Waals surface area contributed by atoms with Crippen LogP contribution in [0.5, 0.6) is 0 Å². The molecule has 1 aliphatic rings. The Labute approximate surface area is 182 Å². The van der Waals surface area contributed by atoms with Crippen molar-refractivity contribution in [2.75, 3.05) is 11.9 Å². The van der Waals surface area contributed by atoms with Gasteiger partial charge in [0.25, 0.3) is 0 Å². The van der Waals surface area contributed by atoms with Crippen LogP contribution in [0.1, 0.15) is 5.56 Å². The van der Waals surface area contributed by atoms with Crippen molar-refractivity contribution in [1.29, 1.82) is 0 Å². The van der Waals surface area contributed by atoms with Gasteiger partial charge in [0.1, 0.15) is 0 Å². The maximum absolute atomic E-state index is 12.8. The van der Waals surface area contributed by atoms with E-state index in [-0.39, 0.29) is 5.91 Å². The first-order valence-corrected chi connectivity index (χ1v) is 12.3. The van der Waals surface area contributed by atoms with Crippen molar-refractivity contribution in [2.24, 2.45) is 0 Å². The Kier molecular flexibility index (Phi) is 5.31. The van der Waals surface area contributed by atoms with Crippen molar-refractivity contribution >= 4 is 41.9 Å². The molecule has 5 rings (SSSR count). The molecule has 0 bridgehead atoms. The average molecular weight is 460 g/mol. The second-order valence-electron chi connectivity index (χ2n) is 7.34. The maximum atomic E-state index is 12.8. The third-order valence-corrected chi connectivity index (χ3v) is 7.59. The third-order valence-electron chi connectivity index (χ3n) is 5.46. The minimum absolute atomic E-state index is 0.0917. The Morgan fingerprint density at radius 2 is 1.73 bits per heavy atom. The molecule has 0 saturated heterocycles. The molecule has 4 nitrogen and oxygen atoms in total. The van der Waals surface area contributed by atoms with Crippen molar-refractivity contribution in [3.8, 4) is 11.3 Å². The first-order chi connectivity index (χ1) is 14.8. The second kappa shape index (κ2) is 8.39. The van der Waals surface area contributed by atoms with Gasteiger partial charge in [0.05, 0.1) is 0 Å². The van der Waals surface area contributed by atoms with E-state index < -0.39 is 0 Å². The molecular weight excluding hydrogens is 437 g/mol. The first-order valence-electron chi connectivity index (χ1n) is 10.2. The van der Waals surface area contributed by atoms with Crippen LogP contribution in [0.2, 0.25) is 5.32 Å². The zero-order valence-electron chi connectivity index (χ0n) is 16.6. The summed E-state index contributed by atoms with van der Waals surface area (Å²) >= 11 is 0.390. The second-order valence-corrected chi connectivity index (χ2v) is 9.79. The van der Waals surface area contributed by atoms with Gasteiger partial charge < -0.3 is 0 Å². The quantitative estimate of drug-likeness (QED) is 0.340. The summed E-state index contributed by atoms with van der Waals surface area (Å²) in [4.78, 5) is 12.8. The Balaban J connectivity index is 1.36. The van der Waals surface area contributed by atoms with Crippen LogP contribution in [-0.4, -0.2) is 32.0 Å².